The number of pyridine rings is 1. The summed E-state index contributed by atoms with van der Waals surface area (Å²) in [6, 6.07) is 2.91. The molecular weight excluding hydrogens is 171 g/mol. The van der Waals surface area contributed by atoms with Crippen molar-refractivity contribution in [3.63, 3.8) is 0 Å². The van der Waals surface area contributed by atoms with Crippen molar-refractivity contribution in [1.29, 1.82) is 0 Å². The van der Waals surface area contributed by atoms with Crippen LogP contribution in [0.25, 0.3) is 0 Å². The molecule has 1 aromatic heterocycles. The Morgan fingerprint density at radius 1 is 1.62 bits per heavy atom. The SMILES string of the molecule is CC(O)CCNc1ccc(F)cn1. The molecular formula is C9H13FN2O. The van der Waals surface area contributed by atoms with Crippen LogP contribution in [0.4, 0.5) is 10.2 Å². The highest BCUT2D eigenvalue weighted by atomic mass is 19.1. The Hall–Kier alpha value is -1.16. The number of anilines is 1. The van der Waals surface area contributed by atoms with Gasteiger partial charge in [-0.1, -0.05) is 0 Å². The molecule has 0 fully saturated rings. The van der Waals surface area contributed by atoms with Crippen molar-refractivity contribution in [3.05, 3.63) is 24.1 Å². The van der Waals surface area contributed by atoms with Gasteiger partial charge in [0, 0.05) is 6.54 Å². The van der Waals surface area contributed by atoms with Crippen molar-refractivity contribution in [2.45, 2.75) is 19.4 Å². The topological polar surface area (TPSA) is 45.1 Å². The second kappa shape index (κ2) is 4.77. The van der Waals surface area contributed by atoms with Crippen LogP contribution >= 0.6 is 0 Å². The lowest BCUT2D eigenvalue weighted by Crippen LogP contribution is -2.10. The number of aliphatic hydroxyl groups is 1. The maximum atomic E-state index is 12.4. The number of halogens is 1. The van der Waals surface area contributed by atoms with E-state index < -0.39 is 0 Å². The Labute approximate surface area is 76.6 Å². The Morgan fingerprint density at radius 2 is 2.38 bits per heavy atom. The van der Waals surface area contributed by atoms with Gasteiger partial charge in [-0.25, -0.2) is 9.37 Å². The molecule has 0 aromatic carbocycles. The molecule has 0 aliphatic heterocycles. The summed E-state index contributed by atoms with van der Waals surface area (Å²) in [5.41, 5.74) is 0. The van der Waals surface area contributed by atoms with Gasteiger partial charge in [0.2, 0.25) is 0 Å². The molecule has 0 saturated carbocycles. The second-order valence-corrected chi connectivity index (χ2v) is 2.93. The second-order valence-electron chi connectivity index (χ2n) is 2.93. The zero-order valence-corrected chi connectivity index (χ0v) is 7.50. The van der Waals surface area contributed by atoms with E-state index in [1.54, 1.807) is 13.0 Å². The van der Waals surface area contributed by atoms with Gasteiger partial charge in [0.15, 0.2) is 0 Å². The number of hydrogen-bond donors (Lipinski definition) is 2. The van der Waals surface area contributed by atoms with Gasteiger partial charge in [-0.3, -0.25) is 0 Å². The molecule has 72 valence electrons. The predicted octanol–water partition coefficient (Wildman–Crippen LogP) is 1.40. The highest BCUT2D eigenvalue weighted by Crippen LogP contribution is 2.03. The lowest BCUT2D eigenvalue weighted by atomic mass is 10.3. The first-order valence-corrected chi connectivity index (χ1v) is 4.22. The first-order valence-electron chi connectivity index (χ1n) is 4.22. The van der Waals surface area contributed by atoms with Gasteiger partial charge in [-0.15, -0.1) is 0 Å². The Balaban J connectivity index is 2.33. The highest BCUT2D eigenvalue weighted by molar-refractivity contribution is 5.33. The van der Waals surface area contributed by atoms with Gasteiger partial charge in [0.1, 0.15) is 11.6 Å². The lowest BCUT2D eigenvalue weighted by molar-refractivity contribution is 0.188. The van der Waals surface area contributed by atoms with Gasteiger partial charge in [-0.2, -0.15) is 0 Å². The molecule has 1 heterocycles. The monoisotopic (exact) mass is 184 g/mol. The van der Waals surface area contributed by atoms with Crippen molar-refractivity contribution >= 4 is 5.82 Å². The molecule has 0 spiro atoms. The Bertz CT molecular complexity index is 248. The smallest absolute Gasteiger partial charge is 0.141 e. The van der Waals surface area contributed by atoms with E-state index in [9.17, 15) is 4.39 Å². The molecule has 0 aliphatic rings. The molecule has 4 heteroatoms. The van der Waals surface area contributed by atoms with Crippen LogP contribution in [0, 0.1) is 5.82 Å². The molecule has 0 saturated heterocycles. The van der Waals surface area contributed by atoms with Crippen LogP contribution in [0.15, 0.2) is 18.3 Å². The van der Waals surface area contributed by atoms with Crippen LogP contribution in [-0.2, 0) is 0 Å². The summed E-state index contributed by atoms with van der Waals surface area (Å²) in [6.45, 7) is 2.36. The molecule has 1 aromatic rings. The van der Waals surface area contributed by atoms with E-state index in [-0.39, 0.29) is 11.9 Å². The maximum absolute atomic E-state index is 12.4. The van der Waals surface area contributed by atoms with Crippen molar-refractivity contribution in [2.24, 2.45) is 0 Å². The van der Waals surface area contributed by atoms with E-state index in [0.29, 0.717) is 18.8 Å². The summed E-state index contributed by atoms with van der Waals surface area (Å²) in [4.78, 5) is 3.81. The zero-order chi connectivity index (χ0) is 9.68. The molecule has 0 aliphatic carbocycles. The maximum Gasteiger partial charge on any atom is 0.141 e. The minimum absolute atomic E-state index is 0.326. The molecule has 3 nitrogen and oxygen atoms in total. The standard InChI is InChI=1S/C9H13FN2O/c1-7(13)4-5-11-9-3-2-8(10)6-12-9/h2-3,6-7,13H,4-5H2,1H3,(H,11,12). The van der Waals surface area contributed by atoms with E-state index in [4.69, 9.17) is 5.11 Å². The quantitative estimate of drug-likeness (QED) is 0.743. The van der Waals surface area contributed by atoms with Gasteiger partial charge >= 0.3 is 0 Å². The van der Waals surface area contributed by atoms with Crippen molar-refractivity contribution in [2.75, 3.05) is 11.9 Å². The molecule has 1 atom stereocenters. The molecule has 1 rings (SSSR count). The molecule has 1 unspecified atom stereocenters. The number of aliphatic hydroxyl groups excluding tert-OH is 1. The Kier molecular flexibility index (Phi) is 3.64. The van der Waals surface area contributed by atoms with Crippen LogP contribution in [0.3, 0.4) is 0 Å². The van der Waals surface area contributed by atoms with Crippen molar-refractivity contribution in [3.8, 4) is 0 Å². The number of rotatable bonds is 4. The number of nitrogens with one attached hydrogen (secondary N) is 1. The number of hydrogen-bond acceptors (Lipinski definition) is 3. The largest absolute Gasteiger partial charge is 0.393 e. The van der Waals surface area contributed by atoms with Crippen LogP contribution in [0.2, 0.25) is 0 Å². The van der Waals surface area contributed by atoms with Crippen LogP contribution in [0.5, 0.6) is 0 Å². The van der Waals surface area contributed by atoms with Crippen LogP contribution < -0.4 is 5.32 Å². The van der Waals surface area contributed by atoms with E-state index in [0.717, 1.165) is 6.20 Å². The fourth-order valence-corrected chi connectivity index (χ4v) is 0.890. The van der Waals surface area contributed by atoms with E-state index in [1.165, 1.54) is 6.07 Å². The number of aromatic nitrogens is 1. The summed E-state index contributed by atoms with van der Waals surface area (Å²) in [7, 11) is 0. The molecule has 13 heavy (non-hydrogen) atoms. The van der Waals surface area contributed by atoms with Crippen molar-refractivity contribution < 1.29 is 9.50 Å². The predicted molar refractivity (Wildman–Crippen MR) is 49.0 cm³/mol. The minimum Gasteiger partial charge on any atom is -0.393 e. The zero-order valence-electron chi connectivity index (χ0n) is 7.50. The lowest BCUT2D eigenvalue weighted by Gasteiger charge is -2.06. The van der Waals surface area contributed by atoms with Crippen molar-refractivity contribution in [1.82, 2.24) is 4.98 Å². The third kappa shape index (κ3) is 3.85. The van der Waals surface area contributed by atoms with Gasteiger partial charge in [0.25, 0.3) is 0 Å². The van der Waals surface area contributed by atoms with Crippen LogP contribution in [-0.4, -0.2) is 22.7 Å². The van der Waals surface area contributed by atoms with Gasteiger partial charge < -0.3 is 10.4 Å². The van der Waals surface area contributed by atoms with E-state index in [2.05, 4.69) is 10.3 Å². The fraction of sp³-hybridized carbons (Fsp3) is 0.444. The van der Waals surface area contributed by atoms with Gasteiger partial charge in [-0.05, 0) is 25.5 Å². The first kappa shape index (κ1) is 9.92. The normalized spacial score (nSPS) is 12.5. The molecule has 0 radical (unpaired) electrons. The summed E-state index contributed by atoms with van der Waals surface area (Å²) < 4.78 is 12.4. The minimum atomic E-state index is -0.346. The fourth-order valence-electron chi connectivity index (χ4n) is 0.890. The summed E-state index contributed by atoms with van der Waals surface area (Å²) in [5, 5.41) is 11.9. The average molecular weight is 184 g/mol. The summed E-state index contributed by atoms with van der Waals surface area (Å²) in [5.74, 6) is 0.281. The van der Waals surface area contributed by atoms with Crippen LogP contribution in [0.1, 0.15) is 13.3 Å². The number of nitrogens with zero attached hydrogens (tertiary/aromatic N) is 1. The first-order chi connectivity index (χ1) is 6.18. The molecule has 0 amide bonds. The van der Waals surface area contributed by atoms with E-state index >= 15 is 0 Å². The molecule has 0 bridgehead atoms. The summed E-state index contributed by atoms with van der Waals surface area (Å²) >= 11 is 0. The van der Waals surface area contributed by atoms with Gasteiger partial charge in [0.05, 0.1) is 12.3 Å². The third-order valence-electron chi connectivity index (χ3n) is 1.60. The molecule has 2 N–H and O–H groups in total. The Morgan fingerprint density at radius 3 is 2.92 bits per heavy atom. The summed E-state index contributed by atoms with van der Waals surface area (Å²) in [6.07, 6.45) is 1.48. The van der Waals surface area contributed by atoms with E-state index in [1.807, 2.05) is 0 Å². The average Bonchev–Trinajstić information content (AvgIpc) is 2.08. The highest BCUT2D eigenvalue weighted by Gasteiger charge is 1.96. The third-order valence-corrected chi connectivity index (χ3v) is 1.60.